The number of nitrogens with zero attached hydrogens (tertiary/aromatic N) is 1. The van der Waals surface area contributed by atoms with Crippen LogP contribution in [-0.2, 0) is 4.74 Å². The SMILES string of the molecule is CNC(c1ccccc1)C(C)CN(C)CC(O)COC. The lowest BCUT2D eigenvalue weighted by molar-refractivity contribution is 0.0397. The predicted octanol–water partition coefficient (Wildman–Crippen LogP) is 1.52. The quantitative estimate of drug-likeness (QED) is 0.720. The zero-order valence-electron chi connectivity index (χ0n) is 13.0. The number of likely N-dealkylation sites (N-methyl/N-ethyl adjacent to an activating group) is 1. The Hall–Kier alpha value is -0.940. The Labute approximate surface area is 122 Å². The molecule has 4 heteroatoms. The minimum Gasteiger partial charge on any atom is -0.389 e. The van der Waals surface area contributed by atoms with Gasteiger partial charge in [0.05, 0.1) is 12.7 Å². The van der Waals surface area contributed by atoms with Gasteiger partial charge in [0, 0.05) is 26.2 Å². The molecule has 114 valence electrons. The van der Waals surface area contributed by atoms with Gasteiger partial charge in [-0.1, -0.05) is 37.3 Å². The first-order valence-electron chi connectivity index (χ1n) is 7.16. The Bertz CT molecular complexity index is 359. The van der Waals surface area contributed by atoms with E-state index in [4.69, 9.17) is 4.74 Å². The topological polar surface area (TPSA) is 44.7 Å². The fourth-order valence-electron chi connectivity index (χ4n) is 2.72. The van der Waals surface area contributed by atoms with E-state index in [1.165, 1.54) is 5.56 Å². The summed E-state index contributed by atoms with van der Waals surface area (Å²) in [5.41, 5.74) is 1.30. The molecule has 0 aliphatic heterocycles. The van der Waals surface area contributed by atoms with Crippen LogP contribution in [0.4, 0.5) is 0 Å². The average molecular weight is 280 g/mol. The van der Waals surface area contributed by atoms with Crippen LogP contribution in [0.15, 0.2) is 30.3 Å². The van der Waals surface area contributed by atoms with Crippen molar-refractivity contribution in [2.24, 2.45) is 5.92 Å². The van der Waals surface area contributed by atoms with Crippen LogP contribution in [0.25, 0.3) is 0 Å². The largest absolute Gasteiger partial charge is 0.389 e. The summed E-state index contributed by atoms with van der Waals surface area (Å²) in [5, 5.41) is 13.2. The summed E-state index contributed by atoms with van der Waals surface area (Å²) >= 11 is 0. The van der Waals surface area contributed by atoms with Gasteiger partial charge >= 0.3 is 0 Å². The van der Waals surface area contributed by atoms with Crippen molar-refractivity contribution in [1.29, 1.82) is 0 Å². The smallest absolute Gasteiger partial charge is 0.0899 e. The van der Waals surface area contributed by atoms with Crippen molar-refractivity contribution in [3.8, 4) is 0 Å². The third kappa shape index (κ3) is 5.59. The van der Waals surface area contributed by atoms with Gasteiger partial charge in [-0.2, -0.15) is 0 Å². The van der Waals surface area contributed by atoms with Crippen LogP contribution in [0.5, 0.6) is 0 Å². The van der Waals surface area contributed by atoms with E-state index < -0.39 is 6.10 Å². The lowest BCUT2D eigenvalue weighted by atomic mass is 9.94. The molecule has 0 fully saturated rings. The van der Waals surface area contributed by atoms with Crippen molar-refractivity contribution in [2.45, 2.75) is 19.1 Å². The number of aliphatic hydroxyl groups excluding tert-OH is 1. The first-order valence-corrected chi connectivity index (χ1v) is 7.16. The summed E-state index contributed by atoms with van der Waals surface area (Å²) in [4.78, 5) is 2.15. The molecule has 0 aliphatic rings. The van der Waals surface area contributed by atoms with E-state index in [2.05, 4.69) is 41.4 Å². The second-order valence-electron chi connectivity index (χ2n) is 5.48. The monoisotopic (exact) mass is 280 g/mol. The van der Waals surface area contributed by atoms with Crippen molar-refractivity contribution in [3.05, 3.63) is 35.9 Å². The summed E-state index contributed by atoms with van der Waals surface area (Å²) < 4.78 is 4.96. The molecule has 4 nitrogen and oxygen atoms in total. The molecule has 1 rings (SSSR count). The van der Waals surface area contributed by atoms with Gasteiger partial charge in [0.25, 0.3) is 0 Å². The second kappa shape index (κ2) is 9.08. The third-order valence-corrected chi connectivity index (χ3v) is 3.52. The first kappa shape index (κ1) is 17.1. The maximum absolute atomic E-state index is 9.76. The van der Waals surface area contributed by atoms with Gasteiger partial charge in [-0.05, 0) is 25.6 Å². The van der Waals surface area contributed by atoms with Crippen LogP contribution in [0.2, 0.25) is 0 Å². The molecule has 0 aromatic heterocycles. The number of methoxy groups -OCH3 is 1. The van der Waals surface area contributed by atoms with Crippen molar-refractivity contribution < 1.29 is 9.84 Å². The minimum absolute atomic E-state index is 0.318. The molecule has 0 saturated carbocycles. The van der Waals surface area contributed by atoms with Gasteiger partial charge in [-0.15, -0.1) is 0 Å². The van der Waals surface area contributed by atoms with E-state index in [1.54, 1.807) is 7.11 Å². The van der Waals surface area contributed by atoms with Crippen molar-refractivity contribution in [3.63, 3.8) is 0 Å². The molecule has 0 saturated heterocycles. The van der Waals surface area contributed by atoms with E-state index in [0.29, 0.717) is 25.1 Å². The molecule has 3 unspecified atom stereocenters. The summed E-state index contributed by atoms with van der Waals surface area (Å²) in [5.74, 6) is 0.446. The minimum atomic E-state index is -0.429. The zero-order valence-corrected chi connectivity index (χ0v) is 13.0. The van der Waals surface area contributed by atoms with Gasteiger partial charge in [0.2, 0.25) is 0 Å². The van der Waals surface area contributed by atoms with Gasteiger partial charge in [-0.3, -0.25) is 0 Å². The fraction of sp³-hybridized carbons (Fsp3) is 0.625. The fourth-order valence-corrected chi connectivity index (χ4v) is 2.72. The van der Waals surface area contributed by atoms with Crippen molar-refractivity contribution in [2.75, 3.05) is 40.9 Å². The van der Waals surface area contributed by atoms with Crippen LogP contribution in [0.1, 0.15) is 18.5 Å². The molecule has 3 atom stereocenters. The van der Waals surface area contributed by atoms with E-state index >= 15 is 0 Å². The maximum atomic E-state index is 9.76. The molecule has 0 heterocycles. The van der Waals surface area contributed by atoms with Gasteiger partial charge < -0.3 is 20.1 Å². The number of nitrogens with one attached hydrogen (secondary N) is 1. The highest BCUT2D eigenvalue weighted by Crippen LogP contribution is 2.21. The third-order valence-electron chi connectivity index (χ3n) is 3.52. The van der Waals surface area contributed by atoms with Crippen molar-refractivity contribution >= 4 is 0 Å². The highest BCUT2D eigenvalue weighted by atomic mass is 16.5. The summed E-state index contributed by atoms with van der Waals surface area (Å²) in [6.07, 6.45) is -0.429. The lowest BCUT2D eigenvalue weighted by Gasteiger charge is -2.29. The molecule has 2 N–H and O–H groups in total. The second-order valence-corrected chi connectivity index (χ2v) is 5.48. The maximum Gasteiger partial charge on any atom is 0.0899 e. The number of aliphatic hydroxyl groups is 1. The average Bonchev–Trinajstić information content (AvgIpc) is 2.40. The predicted molar refractivity (Wildman–Crippen MR) is 82.8 cm³/mol. The van der Waals surface area contributed by atoms with Gasteiger partial charge in [0.1, 0.15) is 0 Å². The molecule has 0 bridgehead atoms. The van der Waals surface area contributed by atoms with Crippen LogP contribution in [0, 0.1) is 5.92 Å². The summed E-state index contributed by atoms with van der Waals surface area (Å²) in [7, 11) is 5.64. The van der Waals surface area contributed by atoms with E-state index in [1.807, 2.05) is 20.2 Å². The van der Waals surface area contributed by atoms with Gasteiger partial charge in [0.15, 0.2) is 0 Å². The first-order chi connectivity index (χ1) is 9.58. The Morgan fingerprint density at radius 1 is 1.25 bits per heavy atom. The van der Waals surface area contributed by atoms with Crippen LogP contribution < -0.4 is 5.32 Å². The Morgan fingerprint density at radius 2 is 1.90 bits per heavy atom. The van der Waals surface area contributed by atoms with Gasteiger partial charge in [-0.25, -0.2) is 0 Å². The molecular formula is C16H28N2O2. The molecule has 0 amide bonds. The zero-order chi connectivity index (χ0) is 15.0. The van der Waals surface area contributed by atoms with E-state index in [9.17, 15) is 5.11 Å². The Morgan fingerprint density at radius 3 is 2.45 bits per heavy atom. The number of rotatable bonds is 9. The highest BCUT2D eigenvalue weighted by Gasteiger charge is 2.19. The molecule has 20 heavy (non-hydrogen) atoms. The highest BCUT2D eigenvalue weighted by molar-refractivity contribution is 5.19. The Balaban J connectivity index is 2.53. The summed E-state index contributed by atoms with van der Waals surface area (Å²) in [6.45, 7) is 4.16. The van der Waals surface area contributed by atoms with Crippen LogP contribution in [0.3, 0.4) is 0 Å². The molecule has 0 aliphatic carbocycles. The lowest BCUT2D eigenvalue weighted by Crippen LogP contribution is -2.37. The van der Waals surface area contributed by atoms with Crippen molar-refractivity contribution in [1.82, 2.24) is 10.2 Å². The number of hydrogen-bond acceptors (Lipinski definition) is 4. The molecule has 1 aromatic rings. The number of hydrogen-bond donors (Lipinski definition) is 2. The molecular weight excluding hydrogens is 252 g/mol. The van der Waals surface area contributed by atoms with E-state index in [0.717, 1.165) is 6.54 Å². The van der Waals surface area contributed by atoms with E-state index in [-0.39, 0.29) is 0 Å². The Kier molecular flexibility index (Phi) is 7.77. The summed E-state index contributed by atoms with van der Waals surface area (Å²) in [6, 6.07) is 10.8. The standard InChI is InChI=1S/C16H28N2O2/c1-13(10-18(3)11-15(19)12-20-4)16(17-2)14-8-6-5-7-9-14/h5-9,13,15-17,19H,10-12H2,1-4H3. The normalized spacial score (nSPS) is 16.1. The number of benzene rings is 1. The molecule has 1 aromatic carbocycles. The molecule has 0 radical (unpaired) electrons. The van der Waals surface area contributed by atoms with Crippen LogP contribution in [-0.4, -0.2) is 57.0 Å². The van der Waals surface area contributed by atoms with Crippen LogP contribution >= 0.6 is 0 Å². The number of ether oxygens (including phenoxy) is 1. The molecule has 0 spiro atoms.